The van der Waals surface area contributed by atoms with Gasteiger partial charge in [-0.05, 0) is 42.3 Å². The first-order valence-electron chi connectivity index (χ1n) is 11.8. The van der Waals surface area contributed by atoms with E-state index in [-0.39, 0.29) is 12.5 Å². The summed E-state index contributed by atoms with van der Waals surface area (Å²) < 4.78 is 17.3. The molecule has 6 heteroatoms. The van der Waals surface area contributed by atoms with Crippen LogP contribution in [0.5, 0.6) is 5.75 Å². The lowest BCUT2D eigenvalue weighted by Gasteiger charge is -2.24. The van der Waals surface area contributed by atoms with Crippen LogP contribution in [0.3, 0.4) is 0 Å². The van der Waals surface area contributed by atoms with E-state index in [1.54, 1.807) is 19.4 Å². The second-order valence-electron chi connectivity index (χ2n) is 9.01. The number of amides is 1. The Bertz CT molecular complexity index is 1400. The third kappa shape index (κ3) is 3.24. The average Bonchev–Trinajstić information content (AvgIpc) is 3.60. The number of benzene rings is 2. The molecule has 1 saturated heterocycles. The minimum atomic E-state index is -0.989. The van der Waals surface area contributed by atoms with Gasteiger partial charge in [-0.1, -0.05) is 30.9 Å². The van der Waals surface area contributed by atoms with E-state index in [9.17, 15) is 4.79 Å². The molecular weight excluding hydrogens is 440 g/mol. The quantitative estimate of drug-likeness (QED) is 0.518. The van der Waals surface area contributed by atoms with Gasteiger partial charge < -0.3 is 19.1 Å². The number of fused-ring (bicyclic) bond motifs is 4. The topological polar surface area (TPSA) is 60.9 Å². The molecule has 2 aromatic carbocycles. The summed E-state index contributed by atoms with van der Waals surface area (Å²) >= 11 is 0. The fraction of sp³-hybridized carbons (Fsp3) is 0.241. The molecule has 1 atom stereocenters. The van der Waals surface area contributed by atoms with Gasteiger partial charge in [-0.2, -0.15) is 0 Å². The number of nitrogens with zero attached hydrogens (tertiary/aromatic N) is 2. The fourth-order valence-corrected chi connectivity index (χ4v) is 5.44. The van der Waals surface area contributed by atoms with Crippen molar-refractivity contribution in [1.29, 1.82) is 0 Å². The second-order valence-corrected chi connectivity index (χ2v) is 9.01. The van der Waals surface area contributed by atoms with Crippen LogP contribution in [0.2, 0.25) is 0 Å². The van der Waals surface area contributed by atoms with Crippen LogP contribution in [0, 0.1) is 0 Å². The lowest BCUT2D eigenvalue weighted by atomic mass is 9.74. The lowest BCUT2D eigenvalue weighted by molar-refractivity contribution is -0.122. The van der Waals surface area contributed by atoms with E-state index in [2.05, 4.69) is 11.6 Å². The third-order valence-electron chi connectivity index (χ3n) is 7.11. The highest BCUT2D eigenvalue weighted by Gasteiger charge is 2.58. The van der Waals surface area contributed by atoms with Crippen molar-refractivity contribution < 1.29 is 19.0 Å². The number of allylic oxidation sites excluding steroid dienone is 3. The summed E-state index contributed by atoms with van der Waals surface area (Å²) in [5.74, 6) is 2.30. The van der Waals surface area contributed by atoms with Gasteiger partial charge in [0, 0.05) is 40.9 Å². The summed E-state index contributed by atoms with van der Waals surface area (Å²) in [5, 5.41) is 0.949. The molecule has 0 N–H and O–H groups in total. The average molecular weight is 467 g/mol. The number of methoxy groups -OCH3 is 1. The molecule has 1 aromatic heterocycles. The molecule has 0 radical (unpaired) electrons. The summed E-state index contributed by atoms with van der Waals surface area (Å²) in [6.07, 6.45) is 7.33. The lowest BCUT2D eigenvalue weighted by Crippen LogP contribution is -2.42. The van der Waals surface area contributed by atoms with Crippen LogP contribution in [-0.2, 0) is 26.2 Å². The Kier molecular flexibility index (Phi) is 5.10. The van der Waals surface area contributed by atoms with Crippen LogP contribution >= 0.6 is 0 Å². The standard InChI is InChI=1S/C29H26N2O4/c1-3-23-26(16-21-6-5-15-34-21)35-18-29(23)27-22-7-4-14-30-24(22)12-13-25(27)31(28(29)32)17-19-8-10-20(33-2)11-9-19/h3-4,7-14,16H,1,5-6,15,17-18H2,2H3. The normalized spacial score (nSPS) is 22.1. The number of rotatable bonds is 5. The zero-order valence-electron chi connectivity index (χ0n) is 19.6. The highest BCUT2D eigenvalue weighted by molar-refractivity contribution is 6.15. The SMILES string of the molecule is C=CC1=C(C=C2CCCO2)OCC12C(=O)N(Cc1ccc(OC)cc1)c1ccc3ncccc3c12. The summed E-state index contributed by atoms with van der Waals surface area (Å²) in [6.45, 7) is 5.46. The Hall–Kier alpha value is -4.06. The first kappa shape index (κ1) is 21.5. The van der Waals surface area contributed by atoms with Crippen LogP contribution in [-0.4, -0.2) is 31.2 Å². The number of carbonyl (C=O) groups is 1. The third-order valence-corrected chi connectivity index (χ3v) is 7.11. The smallest absolute Gasteiger partial charge is 0.246 e. The van der Waals surface area contributed by atoms with Crippen molar-refractivity contribution in [2.75, 3.05) is 25.2 Å². The van der Waals surface area contributed by atoms with Crippen molar-refractivity contribution in [2.24, 2.45) is 0 Å². The zero-order valence-corrected chi connectivity index (χ0v) is 19.6. The van der Waals surface area contributed by atoms with Crippen LogP contribution in [0.4, 0.5) is 5.69 Å². The van der Waals surface area contributed by atoms with Gasteiger partial charge in [0.05, 0.1) is 31.5 Å². The van der Waals surface area contributed by atoms with Crippen LogP contribution in [0.15, 0.2) is 90.6 Å². The van der Waals surface area contributed by atoms with Gasteiger partial charge >= 0.3 is 0 Å². The van der Waals surface area contributed by atoms with Gasteiger partial charge in [0.1, 0.15) is 23.5 Å². The molecule has 176 valence electrons. The minimum Gasteiger partial charge on any atom is -0.498 e. The summed E-state index contributed by atoms with van der Waals surface area (Å²) in [5.41, 5.74) is 3.45. The number of hydrogen-bond donors (Lipinski definition) is 0. The largest absolute Gasteiger partial charge is 0.498 e. The predicted molar refractivity (Wildman–Crippen MR) is 134 cm³/mol. The number of anilines is 1. The summed E-state index contributed by atoms with van der Waals surface area (Å²) in [6, 6.07) is 15.7. The first-order chi connectivity index (χ1) is 17.2. The molecule has 1 fully saturated rings. The molecule has 6 rings (SSSR count). The van der Waals surface area contributed by atoms with Crippen molar-refractivity contribution in [3.63, 3.8) is 0 Å². The van der Waals surface area contributed by atoms with Crippen molar-refractivity contribution >= 4 is 22.5 Å². The monoisotopic (exact) mass is 466 g/mol. The predicted octanol–water partition coefficient (Wildman–Crippen LogP) is 5.19. The molecule has 0 saturated carbocycles. The molecule has 1 spiro atoms. The summed E-state index contributed by atoms with van der Waals surface area (Å²) in [7, 11) is 1.64. The number of carbonyl (C=O) groups excluding carboxylic acids is 1. The van der Waals surface area contributed by atoms with Crippen LogP contribution in [0.1, 0.15) is 24.0 Å². The Morgan fingerprint density at radius 3 is 2.77 bits per heavy atom. The van der Waals surface area contributed by atoms with E-state index in [0.29, 0.717) is 18.9 Å². The maximum atomic E-state index is 14.4. The van der Waals surface area contributed by atoms with Crippen molar-refractivity contribution in [2.45, 2.75) is 24.8 Å². The Morgan fingerprint density at radius 1 is 1.17 bits per heavy atom. The fourth-order valence-electron chi connectivity index (χ4n) is 5.44. The van der Waals surface area contributed by atoms with E-state index in [0.717, 1.165) is 57.6 Å². The van der Waals surface area contributed by atoms with Gasteiger partial charge in [-0.15, -0.1) is 0 Å². The molecule has 0 aliphatic carbocycles. The first-order valence-corrected chi connectivity index (χ1v) is 11.8. The molecule has 4 heterocycles. The van der Waals surface area contributed by atoms with E-state index in [1.807, 2.05) is 59.5 Å². The Morgan fingerprint density at radius 2 is 2.03 bits per heavy atom. The molecule has 3 aromatic rings. The second kappa shape index (κ2) is 8.31. The van der Waals surface area contributed by atoms with Crippen molar-refractivity contribution in [1.82, 2.24) is 4.98 Å². The molecule has 1 unspecified atom stereocenters. The number of hydrogen-bond acceptors (Lipinski definition) is 5. The summed E-state index contributed by atoms with van der Waals surface area (Å²) in [4.78, 5) is 20.8. The molecule has 3 aliphatic rings. The Labute approximate surface area is 204 Å². The van der Waals surface area contributed by atoms with E-state index >= 15 is 0 Å². The van der Waals surface area contributed by atoms with Gasteiger partial charge in [-0.25, -0.2) is 0 Å². The van der Waals surface area contributed by atoms with Gasteiger partial charge in [-0.3, -0.25) is 9.78 Å². The molecule has 3 aliphatic heterocycles. The number of aromatic nitrogens is 1. The molecule has 6 nitrogen and oxygen atoms in total. The highest BCUT2D eigenvalue weighted by Crippen LogP contribution is 2.54. The zero-order chi connectivity index (χ0) is 24.0. The van der Waals surface area contributed by atoms with Crippen molar-refractivity contribution in [3.05, 3.63) is 102 Å². The minimum absolute atomic E-state index is 0.0182. The number of ether oxygens (including phenoxy) is 3. The van der Waals surface area contributed by atoms with E-state index in [1.165, 1.54) is 0 Å². The van der Waals surface area contributed by atoms with Crippen LogP contribution < -0.4 is 9.64 Å². The van der Waals surface area contributed by atoms with E-state index < -0.39 is 5.41 Å². The number of pyridine rings is 1. The van der Waals surface area contributed by atoms with Gasteiger partial charge in [0.2, 0.25) is 5.91 Å². The molecule has 1 amide bonds. The van der Waals surface area contributed by atoms with Crippen LogP contribution in [0.25, 0.3) is 10.9 Å². The van der Waals surface area contributed by atoms with Gasteiger partial charge in [0.25, 0.3) is 0 Å². The maximum absolute atomic E-state index is 14.4. The molecule has 0 bridgehead atoms. The molecular formula is C29H26N2O4. The highest BCUT2D eigenvalue weighted by atomic mass is 16.5. The van der Waals surface area contributed by atoms with Crippen molar-refractivity contribution in [3.8, 4) is 5.75 Å². The van der Waals surface area contributed by atoms with Gasteiger partial charge in [0.15, 0.2) is 0 Å². The van der Waals surface area contributed by atoms with E-state index in [4.69, 9.17) is 14.2 Å². The Balaban J connectivity index is 1.53. The maximum Gasteiger partial charge on any atom is 0.246 e. The molecule has 35 heavy (non-hydrogen) atoms.